The van der Waals surface area contributed by atoms with Crippen LogP contribution < -0.4 is 11.1 Å². The Balaban J connectivity index is 1.62. The van der Waals surface area contributed by atoms with Crippen molar-refractivity contribution in [1.82, 2.24) is 9.80 Å². The summed E-state index contributed by atoms with van der Waals surface area (Å²) in [5.74, 6) is 0.225. The van der Waals surface area contributed by atoms with Gasteiger partial charge >= 0.3 is 6.03 Å². The molecule has 6 nitrogen and oxygen atoms in total. The number of amides is 2. The Morgan fingerprint density at radius 3 is 2.89 bits per heavy atom. The quantitative estimate of drug-likeness (QED) is 0.725. The zero-order valence-electron chi connectivity index (χ0n) is 15.4. The summed E-state index contributed by atoms with van der Waals surface area (Å²) >= 11 is 0. The van der Waals surface area contributed by atoms with Crippen LogP contribution in [0.4, 0.5) is 10.5 Å². The van der Waals surface area contributed by atoms with Gasteiger partial charge in [0.2, 0.25) is 0 Å². The third-order valence-electron chi connectivity index (χ3n) is 6.56. The number of phenols is 1. The second-order valence-corrected chi connectivity index (χ2v) is 8.04. The summed E-state index contributed by atoms with van der Waals surface area (Å²) in [5.41, 5.74) is 10.5. The second-order valence-electron chi connectivity index (χ2n) is 8.04. The Kier molecular flexibility index (Phi) is 3.51. The van der Waals surface area contributed by atoms with Gasteiger partial charge in [0, 0.05) is 24.8 Å². The maximum absolute atomic E-state index is 13.0. The number of rotatable bonds is 1. The highest BCUT2D eigenvalue weighted by Crippen LogP contribution is 2.45. The molecule has 5 rings (SSSR count). The normalized spacial score (nSPS) is 29.7. The Labute approximate surface area is 158 Å². The van der Waals surface area contributed by atoms with Crippen LogP contribution in [0.5, 0.6) is 5.75 Å². The van der Waals surface area contributed by atoms with Gasteiger partial charge in [-0.1, -0.05) is 24.3 Å². The van der Waals surface area contributed by atoms with Crippen molar-refractivity contribution in [3.05, 3.63) is 59.2 Å². The molecule has 2 amide bonds. The van der Waals surface area contributed by atoms with E-state index in [1.807, 2.05) is 35.2 Å². The summed E-state index contributed by atoms with van der Waals surface area (Å²) in [5, 5.41) is 13.1. The van der Waals surface area contributed by atoms with Crippen LogP contribution >= 0.6 is 0 Å². The Morgan fingerprint density at radius 2 is 2.04 bits per heavy atom. The molecule has 2 heterocycles. The van der Waals surface area contributed by atoms with Crippen LogP contribution in [0.1, 0.15) is 23.1 Å². The lowest BCUT2D eigenvalue weighted by molar-refractivity contribution is 0.00238. The van der Waals surface area contributed by atoms with Crippen molar-refractivity contribution in [2.75, 3.05) is 18.9 Å². The molecule has 0 radical (unpaired) electrons. The molecule has 2 aromatic rings. The molecule has 0 aromatic heterocycles. The van der Waals surface area contributed by atoms with Gasteiger partial charge in [0.1, 0.15) is 5.75 Å². The van der Waals surface area contributed by atoms with Crippen molar-refractivity contribution in [3.63, 3.8) is 0 Å². The fraction of sp³-hybridized carbons (Fsp3) is 0.381. The molecular weight excluding hydrogens is 340 g/mol. The molecule has 27 heavy (non-hydrogen) atoms. The first-order valence-corrected chi connectivity index (χ1v) is 9.44. The van der Waals surface area contributed by atoms with E-state index < -0.39 is 5.54 Å². The van der Waals surface area contributed by atoms with Crippen molar-refractivity contribution >= 4 is 11.7 Å². The first kappa shape index (κ1) is 16.6. The fourth-order valence-electron chi connectivity index (χ4n) is 5.15. The smallest absolute Gasteiger partial charge is 0.322 e. The summed E-state index contributed by atoms with van der Waals surface area (Å²) in [6.07, 6.45) is 1.56. The summed E-state index contributed by atoms with van der Waals surface area (Å²) in [6.45, 7) is 1.42. The molecule has 3 aliphatic rings. The van der Waals surface area contributed by atoms with Gasteiger partial charge < -0.3 is 26.0 Å². The second kappa shape index (κ2) is 5.71. The lowest BCUT2D eigenvalue weighted by Crippen LogP contribution is -2.72. The number of likely N-dealkylation sites (tertiary alicyclic amines) is 1. The third kappa shape index (κ3) is 2.37. The van der Waals surface area contributed by atoms with Gasteiger partial charge in [-0.05, 0) is 54.8 Å². The highest BCUT2D eigenvalue weighted by molar-refractivity contribution is 5.92. The minimum absolute atomic E-state index is 0.0996. The lowest BCUT2D eigenvalue weighted by Gasteiger charge is -2.57. The summed E-state index contributed by atoms with van der Waals surface area (Å²) < 4.78 is 0. The number of para-hydroxylation sites is 1. The average molecular weight is 364 g/mol. The van der Waals surface area contributed by atoms with E-state index in [1.165, 1.54) is 5.56 Å². The number of hydrogen-bond acceptors (Lipinski definition) is 4. The predicted octanol–water partition coefficient (Wildman–Crippen LogP) is 2.22. The first-order valence-electron chi connectivity index (χ1n) is 9.44. The monoisotopic (exact) mass is 364 g/mol. The highest BCUT2D eigenvalue weighted by Gasteiger charge is 2.54. The number of carbonyl (C=O) groups excluding carboxylic acids is 1. The molecule has 0 unspecified atom stereocenters. The van der Waals surface area contributed by atoms with Gasteiger partial charge in [-0.25, -0.2) is 4.79 Å². The first-order chi connectivity index (χ1) is 13.0. The van der Waals surface area contributed by atoms with Crippen LogP contribution in [0.25, 0.3) is 0 Å². The van der Waals surface area contributed by atoms with Crippen molar-refractivity contribution < 1.29 is 9.90 Å². The van der Waals surface area contributed by atoms with Crippen LogP contribution in [0, 0.1) is 0 Å². The van der Waals surface area contributed by atoms with Crippen molar-refractivity contribution in [2.24, 2.45) is 5.73 Å². The molecule has 4 N–H and O–H groups in total. The van der Waals surface area contributed by atoms with E-state index in [4.69, 9.17) is 5.73 Å². The van der Waals surface area contributed by atoms with E-state index in [2.05, 4.69) is 17.3 Å². The number of nitrogens with two attached hydrogens (primary N) is 1. The Hall–Kier alpha value is -2.57. The van der Waals surface area contributed by atoms with E-state index in [-0.39, 0.29) is 23.9 Å². The molecular formula is C21H24N4O2. The third-order valence-corrected chi connectivity index (χ3v) is 6.56. The summed E-state index contributed by atoms with van der Waals surface area (Å²) in [6, 6.07) is 13.3. The number of carbonyl (C=O) groups is 1. The van der Waals surface area contributed by atoms with Gasteiger partial charge in [-0.15, -0.1) is 0 Å². The van der Waals surface area contributed by atoms with Gasteiger partial charge in [0.05, 0.1) is 11.6 Å². The fourth-order valence-corrected chi connectivity index (χ4v) is 5.15. The Bertz CT molecular complexity index is 930. The molecule has 2 bridgehead atoms. The maximum Gasteiger partial charge on any atom is 0.322 e. The molecule has 140 valence electrons. The number of hydrogen-bond donors (Lipinski definition) is 3. The highest BCUT2D eigenvalue weighted by atomic mass is 16.3. The van der Waals surface area contributed by atoms with Gasteiger partial charge in [0.15, 0.2) is 0 Å². The van der Waals surface area contributed by atoms with Crippen molar-refractivity contribution in [1.29, 1.82) is 0 Å². The number of likely N-dealkylation sites (N-methyl/N-ethyl adjacent to an activating group) is 1. The van der Waals surface area contributed by atoms with Gasteiger partial charge in [0.25, 0.3) is 0 Å². The molecule has 1 aliphatic carbocycles. The van der Waals surface area contributed by atoms with Crippen LogP contribution in [0.2, 0.25) is 0 Å². The summed E-state index contributed by atoms with van der Waals surface area (Å²) in [7, 11) is 2.11. The SMILES string of the molecule is CN1CC[C@@]2(N)c3cc(O)ccc3C[C@@H]1[C@@H]2N1Cc2ccccc2NC1=O. The molecule has 1 saturated heterocycles. The number of fused-ring (bicyclic) bond motifs is 5. The van der Waals surface area contributed by atoms with Crippen LogP contribution in [0.3, 0.4) is 0 Å². The molecule has 6 heteroatoms. The van der Waals surface area contributed by atoms with Gasteiger partial charge in [-0.3, -0.25) is 0 Å². The van der Waals surface area contributed by atoms with Gasteiger partial charge in [-0.2, -0.15) is 0 Å². The van der Waals surface area contributed by atoms with Crippen molar-refractivity contribution in [2.45, 2.75) is 37.0 Å². The van der Waals surface area contributed by atoms with Crippen LogP contribution in [-0.2, 0) is 18.5 Å². The van der Waals surface area contributed by atoms with E-state index in [0.29, 0.717) is 6.54 Å². The molecule has 1 fully saturated rings. The molecule has 0 spiro atoms. The lowest BCUT2D eigenvalue weighted by atomic mass is 9.66. The molecule has 0 saturated carbocycles. The number of urea groups is 1. The predicted molar refractivity (Wildman–Crippen MR) is 104 cm³/mol. The largest absolute Gasteiger partial charge is 0.508 e. The van der Waals surface area contributed by atoms with E-state index in [1.54, 1.807) is 12.1 Å². The van der Waals surface area contributed by atoms with Crippen molar-refractivity contribution in [3.8, 4) is 5.75 Å². The zero-order valence-corrected chi connectivity index (χ0v) is 15.4. The number of benzene rings is 2. The minimum Gasteiger partial charge on any atom is -0.508 e. The average Bonchev–Trinajstić information content (AvgIpc) is 2.65. The molecule has 2 aromatic carbocycles. The van der Waals surface area contributed by atoms with Crippen LogP contribution in [0.15, 0.2) is 42.5 Å². The minimum atomic E-state index is -0.673. The number of piperidine rings is 1. The Morgan fingerprint density at radius 1 is 1.22 bits per heavy atom. The number of nitrogens with one attached hydrogen (secondary N) is 1. The number of aromatic hydroxyl groups is 1. The van der Waals surface area contributed by atoms with Crippen LogP contribution in [-0.4, -0.2) is 46.6 Å². The van der Waals surface area contributed by atoms with E-state index >= 15 is 0 Å². The van der Waals surface area contributed by atoms with E-state index in [0.717, 1.165) is 36.2 Å². The summed E-state index contributed by atoms with van der Waals surface area (Å²) in [4.78, 5) is 17.2. The number of phenolic OH excluding ortho intramolecular Hbond substituents is 1. The number of anilines is 1. The van der Waals surface area contributed by atoms with E-state index in [9.17, 15) is 9.90 Å². The molecule has 3 atom stereocenters. The topological polar surface area (TPSA) is 81.8 Å². The standard InChI is InChI=1S/C21H24N4O2/c1-24-9-8-21(22)16-11-15(26)7-6-13(16)10-18(24)19(21)25-12-14-4-2-3-5-17(14)23-20(25)27/h2-7,11,18-19,26H,8-10,12,22H2,1H3,(H,23,27)/t18-,19+,21-/m1/s1. The molecule has 2 aliphatic heterocycles. The maximum atomic E-state index is 13.0. The zero-order chi connectivity index (χ0) is 18.8. The number of nitrogens with zero attached hydrogens (tertiary/aromatic N) is 2.